The van der Waals surface area contributed by atoms with E-state index in [9.17, 15) is 4.79 Å². The van der Waals surface area contributed by atoms with Crippen LogP contribution in [0.15, 0.2) is 42.5 Å². The lowest BCUT2D eigenvalue weighted by Crippen LogP contribution is -2.46. The van der Waals surface area contributed by atoms with Gasteiger partial charge in [0, 0.05) is 38.2 Å². The molecule has 1 spiro atoms. The van der Waals surface area contributed by atoms with Gasteiger partial charge < -0.3 is 4.74 Å². The van der Waals surface area contributed by atoms with E-state index < -0.39 is 0 Å². The van der Waals surface area contributed by atoms with Gasteiger partial charge in [0.25, 0.3) is 0 Å². The molecule has 0 atom stereocenters. The van der Waals surface area contributed by atoms with Gasteiger partial charge >= 0.3 is 6.09 Å². The highest BCUT2D eigenvalue weighted by atomic mass is 16.6. The molecule has 2 heterocycles. The summed E-state index contributed by atoms with van der Waals surface area (Å²) in [5.74, 6) is 2.54. The molecule has 5 aliphatic rings. The van der Waals surface area contributed by atoms with Gasteiger partial charge in [-0.05, 0) is 90.7 Å². The van der Waals surface area contributed by atoms with Crippen molar-refractivity contribution < 1.29 is 9.53 Å². The number of piperidine rings is 1. The molecule has 3 saturated carbocycles. The van der Waals surface area contributed by atoms with Crippen molar-refractivity contribution in [3.8, 4) is 0 Å². The largest absolute Gasteiger partial charge is 0.441 e. The average Bonchev–Trinajstić information content (AvgIpc) is 3.70. The monoisotopic (exact) mass is 442 g/mol. The van der Waals surface area contributed by atoms with E-state index in [1.54, 1.807) is 16.7 Å². The summed E-state index contributed by atoms with van der Waals surface area (Å²) in [5, 5.41) is 0. The van der Waals surface area contributed by atoms with Crippen molar-refractivity contribution in [2.45, 2.75) is 81.3 Å². The third-order valence-electron chi connectivity index (χ3n) is 8.54. The summed E-state index contributed by atoms with van der Waals surface area (Å²) in [6.07, 6.45) is 10.0. The quantitative estimate of drug-likeness (QED) is 0.525. The molecular weight excluding hydrogens is 408 g/mol. The smallest absolute Gasteiger partial charge is 0.415 e. The van der Waals surface area contributed by atoms with E-state index in [2.05, 4.69) is 17.0 Å². The summed E-state index contributed by atoms with van der Waals surface area (Å²) in [7, 11) is 0. The summed E-state index contributed by atoms with van der Waals surface area (Å²) >= 11 is 0. The van der Waals surface area contributed by atoms with Crippen LogP contribution in [0.25, 0.3) is 0 Å². The summed E-state index contributed by atoms with van der Waals surface area (Å²) in [5.41, 5.74) is 7.35. The number of carbonyl (C=O) groups is 1. The number of hydrogen-bond donors (Lipinski definition) is 0. The minimum absolute atomic E-state index is 0.187. The van der Waals surface area contributed by atoms with E-state index in [1.807, 2.05) is 35.2 Å². The topological polar surface area (TPSA) is 32.8 Å². The Morgan fingerprint density at radius 1 is 0.848 bits per heavy atom. The highest BCUT2D eigenvalue weighted by Gasteiger charge is 2.47. The number of nitrogens with zero attached hydrogens (tertiary/aromatic N) is 2. The number of para-hydroxylation sites is 1. The maximum absolute atomic E-state index is 12.6. The fourth-order valence-electron chi connectivity index (χ4n) is 6.23. The van der Waals surface area contributed by atoms with Gasteiger partial charge in [-0.2, -0.15) is 0 Å². The van der Waals surface area contributed by atoms with Crippen molar-refractivity contribution >= 4 is 11.8 Å². The molecule has 1 amide bonds. The van der Waals surface area contributed by atoms with Crippen LogP contribution in [0.5, 0.6) is 0 Å². The molecule has 2 aromatic rings. The lowest BCUT2D eigenvalue weighted by atomic mass is 9.88. The third kappa shape index (κ3) is 3.86. The lowest BCUT2D eigenvalue weighted by Gasteiger charge is -2.37. The molecule has 5 fully saturated rings. The van der Waals surface area contributed by atoms with E-state index in [0.29, 0.717) is 6.54 Å². The molecule has 7 rings (SSSR count). The first-order chi connectivity index (χ1) is 16.2. The minimum atomic E-state index is -0.322. The second kappa shape index (κ2) is 7.59. The van der Waals surface area contributed by atoms with Gasteiger partial charge in [-0.3, -0.25) is 9.80 Å². The summed E-state index contributed by atoms with van der Waals surface area (Å²) in [6.45, 7) is 3.71. The summed E-state index contributed by atoms with van der Waals surface area (Å²) in [4.78, 5) is 17.0. The van der Waals surface area contributed by atoms with Crippen LogP contribution in [0, 0.1) is 0 Å². The van der Waals surface area contributed by atoms with E-state index in [0.717, 1.165) is 55.9 Å². The highest BCUT2D eigenvalue weighted by molar-refractivity contribution is 5.90. The zero-order valence-corrected chi connectivity index (χ0v) is 19.5. The Hall–Kier alpha value is -2.33. The number of anilines is 1. The zero-order valence-electron chi connectivity index (χ0n) is 19.5. The molecule has 4 nitrogen and oxygen atoms in total. The van der Waals surface area contributed by atoms with Gasteiger partial charge in [0.05, 0.1) is 6.54 Å². The van der Waals surface area contributed by atoms with Gasteiger partial charge in [0.2, 0.25) is 0 Å². The van der Waals surface area contributed by atoms with Crippen molar-refractivity contribution in [1.82, 2.24) is 4.90 Å². The predicted molar refractivity (Wildman–Crippen MR) is 130 cm³/mol. The van der Waals surface area contributed by atoms with Crippen LogP contribution in [0.2, 0.25) is 0 Å². The molecule has 0 aromatic heterocycles. The molecule has 0 N–H and O–H groups in total. The fourth-order valence-corrected chi connectivity index (χ4v) is 6.23. The highest BCUT2D eigenvalue weighted by Crippen LogP contribution is 2.55. The van der Waals surface area contributed by atoms with Crippen LogP contribution >= 0.6 is 0 Å². The van der Waals surface area contributed by atoms with Gasteiger partial charge in [0.15, 0.2) is 0 Å². The number of ether oxygens (including phenoxy) is 1. The van der Waals surface area contributed by atoms with E-state index in [4.69, 9.17) is 4.74 Å². The standard InChI is InChI=1S/C29H34N2O2/c32-28-31(24-4-2-1-3-5-24)19-29(33-28)12-14-30(15-13-29)18-20-16-25(21-6-7-21)27(23-10-11-23)26(17-20)22-8-9-22/h1-5,16-17,21-23H,6-15,18-19H2. The Bertz CT molecular complexity index is 1030. The lowest BCUT2D eigenvalue weighted by molar-refractivity contribution is -0.000981. The second-order valence-corrected chi connectivity index (χ2v) is 11.3. The zero-order chi connectivity index (χ0) is 22.0. The van der Waals surface area contributed by atoms with Gasteiger partial charge in [0.1, 0.15) is 5.60 Å². The van der Waals surface area contributed by atoms with Crippen LogP contribution in [0.3, 0.4) is 0 Å². The number of carbonyl (C=O) groups excluding carboxylic acids is 1. The van der Waals surface area contributed by atoms with Crippen molar-refractivity contribution in [3.63, 3.8) is 0 Å². The molecule has 0 radical (unpaired) electrons. The maximum atomic E-state index is 12.6. The fraction of sp³-hybridized carbons (Fsp3) is 0.552. The minimum Gasteiger partial charge on any atom is -0.441 e. The summed E-state index contributed by atoms with van der Waals surface area (Å²) < 4.78 is 5.98. The molecule has 2 saturated heterocycles. The Balaban J connectivity index is 1.06. The molecule has 2 aliphatic heterocycles. The summed E-state index contributed by atoms with van der Waals surface area (Å²) in [6, 6.07) is 15.1. The molecular formula is C29H34N2O2. The molecule has 33 heavy (non-hydrogen) atoms. The maximum Gasteiger partial charge on any atom is 0.415 e. The molecule has 3 aliphatic carbocycles. The molecule has 172 valence electrons. The first-order valence-corrected chi connectivity index (χ1v) is 13.1. The average molecular weight is 443 g/mol. The molecule has 0 unspecified atom stereocenters. The molecule has 4 heteroatoms. The van der Waals surface area contributed by atoms with E-state index >= 15 is 0 Å². The molecule has 2 aromatic carbocycles. The van der Waals surface area contributed by atoms with Gasteiger partial charge in [-0.25, -0.2) is 4.79 Å². The first kappa shape index (κ1) is 20.1. The third-order valence-corrected chi connectivity index (χ3v) is 8.54. The predicted octanol–water partition coefficient (Wildman–Crippen LogP) is 6.31. The van der Waals surface area contributed by atoms with E-state index in [-0.39, 0.29) is 11.7 Å². The number of amides is 1. The van der Waals surface area contributed by atoms with Crippen molar-refractivity contribution in [3.05, 3.63) is 64.7 Å². The normalized spacial score (nSPS) is 25.0. The Kier molecular flexibility index (Phi) is 4.62. The van der Waals surface area contributed by atoms with Gasteiger partial charge in [-0.15, -0.1) is 0 Å². The number of hydrogen-bond acceptors (Lipinski definition) is 3. The SMILES string of the molecule is O=C1OC2(CCN(Cc3cc(C4CC4)c(C4CC4)c(C4CC4)c3)CC2)CN1c1ccccc1. The van der Waals surface area contributed by atoms with Crippen LogP contribution in [-0.4, -0.2) is 36.2 Å². The van der Waals surface area contributed by atoms with Crippen LogP contribution < -0.4 is 4.90 Å². The van der Waals surface area contributed by atoms with E-state index in [1.165, 1.54) is 44.1 Å². The number of likely N-dealkylation sites (tertiary alicyclic amines) is 1. The van der Waals surface area contributed by atoms with Gasteiger partial charge in [-0.1, -0.05) is 30.3 Å². The Labute approximate surface area is 196 Å². The number of benzene rings is 2. The molecule has 0 bridgehead atoms. The number of rotatable bonds is 6. The Morgan fingerprint density at radius 2 is 1.45 bits per heavy atom. The van der Waals surface area contributed by atoms with Crippen molar-refractivity contribution in [2.24, 2.45) is 0 Å². The second-order valence-electron chi connectivity index (χ2n) is 11.3. The Morgan fingerprint density at radius 3 is 2.03 bits per heavy atom. The first-order valence-electron chi connectivity index (χ1n) is 13.1. The van der Waals surface area contributed by atoms with Crippen LogP contribution in [-0.2, 0) is 11.3 Å². The van der Waals surface area contributed by atoms with Crippen LogP contribution in [0.4, 0.5) is 10.5 Å². The van der Waals surface area contributed by atoms with Crippen LogP contribution in [0.1, 0.15) is 91.4 Å². The van der Waals surface area contributed by atoms with Crippen molar-refractivity contribution in [1.29, 1.82) is 0 Å². The van der Waals surface area contributed by atoms with Crippen molar-refractivity contribution in [2.75, 3.05) is 24.5 Å².